The van der Waals surface area contributed by atoms with Gasteiger partial charge in [-0.2, -0.15) is 4.31 Å². The molecule has 0 aromatic heterocycles. The number of benzene rings is 1. The molecule has 4 rings (SSSR count). The second-order valence-corrected chi connectivity index (χ2v) is 10.1. The molecular formula is C21H31N3O5S. The van der Waals surface area contributed by atoms with Gasteiger partial charge in [-0.25, -0.2) is 8.42 Å². The van der Waals surface area contributed by atoms with E-state index in [1.165, 1.54) is 17.1 Å². The number of likely N-dealkylation sites (tertiary alicyclic amines) is 1. The highest BCUT2D eigenvalue weighted by Crippen LogP contribution is 2.33. The quantitative estimate of drug-likeness (QED) is 0.711. The molecule has 8 nitrogen and oxygen atoms in total. The first-order valence-electron chi connectivity index (χ1n) is 10.9. The van der Waals surface area contributed by atoms with Crippen LogP contribution in [0.5, 0.6) is 11.5 Å². The first kappa shape index (κ1) is 21.4. The predicted octanol–water partition coefficient (Wildman–Crippen LogP) is 1.56. The molecule has 0 bridgehead atoms. The second kappa shape index (κ2) is 9.53. The summed E-state index contributed by atoms with van der Waals surface area (Å²) < 4.78 is 39.0. The molecule has 0 unspecified atom stereocenters. The van der Waals surface area contributed by atoms with E-state index in [1.54, 1.807) is 18.2 Å². The molecule has 0 radical (unpaired) electrons. The summed E-state index contributed by atoms with van der Waals surface area (Å²) in [6.07, 6.45) is 5.32. The molecule has 2 saturated heterocycles. The maximum atomic E-state index is 13.1. The Balaban J connectivity index is 1.35. The van der Waals surface area contributed by atoms with E-state index in [0.717, 1.165) is 32.4 Å². The van der Waals surface area contributed by atoms with Crippen LogP contribution in [-0.2, 0) is 14.8 Å². The van der Waals surface area contributed by atoms with Gasteiger partial charge in [-0.3, -0.25) is 9.69 Å². The van der Waals surface area contributed by atoms with Crippen LogP contribution in [0.2, 0.25) is 0 Å². The summed E-state index contributed by atoms with van der Waals surface area (Å²) in [4.78, 5) is 16.9. The molecule has 9 heteroatoms. The first-order chi connectivity index (χ1) is 14.5. The van der Waals surface area contributed by atoms with Gasteiger partial charge in [0.05, 0.1) is 24.7 Å². The van der Waals surface area contributed by atoms with Crippen LogP contribution >= 0.6 is 0 Å². The zero-order chi connectivity index (χ0) is 21.0. The molecule has 3 aliphatic rings. The fraction of sp³-hybridized carbons (Fsp3) is 0.667. The topological polar surface area (TPSA) is 79.4 Å². The van der Waals surface area contributed by atoms with Gasteiger partial charge in [-0.15, -0.1) is 0 Å². The molecule has 3 aliphatic heterocycles. The van der Waals surface area contributed by atoms with E-state index in [4.69, 9.17) is 9.47 Å². The highest BCUT2D eigenvalue weighted by atomic mass is 32.2. The summed E-state index contributed by atoms with van der Waals surface area (Å²) in [6.45, 7) is 5.02. The van der Waals surface area contributed by atoms with Gasteiger partial charge in [0.25, 0.3) is 0 Å². The third kappa shape index (κ3) is 4.90. The molecule has 2 fully saturated rings. The van der Waals surface area contributed by atoms with Crippen molar-refractivity contribution in [1.82, 2.24) is 14.1 Å². The summed E-state index contributed by atoms with van der Waals surface area (Å²) in [5.41, 5.74) is 0. The molecule has 1 aromatic rings. The summed E-state index contributed by atoms with van der Waals surface area (Å²) in [7, 11) is -3.61. The zero-order valence-corrected chi connectivity index (χ0v) is 18.2. The van der Waals surface area contributed by atoms with Gasteiger partial charge in [0.15, 0.2) is 11.5 Å². The van der Waals surface area contributed by atoms with Crippen LogP contribution in [0.15, 0.2) is 23.1 Å². The third-order valence-corrected chi connectivity index (χ3v) is 7.90. The lowest BCUT2D eigenvalue weighted by atomic mass is 10.2. The number of ether oxygens (including phenoxy) is 2. The van der Waals surface area contributed by atoms with Crippen LogP contribution in [0, 0.1) is 0 Å². The molecule has 3 heterocycles. The Morgan fingerprint density at radius 2 is 1.50 bits per heavy atom. The van der Waals surface area contributed by atoms with Gasteiger partial charge in [-0.05, 0) is 25.0 Å². The fourth-order valence-electron chi connectivity index (χ4n) is 4.19. The minimum atomic E-state index is -3.61. The highest BCUT2D eigenvalue weighted by Gasteiger charge is 2.30. The van der Waals surface area contributed by atoms with Gasteiger partial charge >= 0.3 is 0 Å². The number of carbonyl (C=O) groups is 1. The molecule has 0 aliphatic carbocycles. The Labute approximate surface area is 178 Å². The second-order valence-electron chi connectivity index (χ2n) is 8.13. The molecule has 30 heavy (non-hydrogen) atoms. The third-order valence-electron chi connectivity index (χ3n) is 6.01. The SMILES string of the molecule is O=C(CN1CCN(S(=O)(=O)c2ccc3c(c2)OCCCO3)CC1)N1CCCCCC1. The van der Waals surface area contributed by atoms with Gasteiger partial charge in [0.2, 0.25) is 15.9 Å². The van der Waals surface area contributed by atoms with E-state index in [1.807, 2.05) is 4.90 Å². The van der Waals surface area contributed by atoms with Crippen molar-refractivity contribution in [3.8, 4) is 11.5 Å². The lowest BCUT2D eigenvalue weighted by Gasteiger charge is -2.34. The van der Waals surface area contributed by atoms with Crippen LogP contribution in [0.1, 0.15) is 32.1 Å². The van der Waals surface area contributed by atoms with Gasteiger partial charge in [-0.1, -0.05) is 12.8 Å². The molecule has 0 N–H and O–H groups in total. The average molecular weight is 438 g/mol. The summed E-state index contributed by atoms with van der Waals surface area (Å²) in [5.74, 6) is 1.23. The van der Waals surface area contributed by atoms with Crippen LogP contribution in [-0.4, -0.2) is 87.5 Å². The smallest absolute Gasteiger partial charge is 0.243 e. The molecule has 0 atom stereocenters. The number of hydrogen-bond acceptors (Lipinski definition) is 6. The van der Waals surface area contributed by atoms with Gasteiger partial charge in [0, 0.05) is 51.8 Å². The number of rotatable bonds is 4. The zero-order valence-electron chi connectivity index (χ0n) is 17.4. The molecule has 0 saturated carbocycles. The Morgan fingerprint density at radius 3 is 2.20 bits per heavy atom. The van der Waals surface area contributed by atoms with Crippen molar-refractivity contribution in [2.45, 2.75) is 37.0 Å². The van der Waals surface area contributed by atoms with E-state index >= 15 is 0 Å². The average Bonchev–Trinajstić information content (AvgIpc) is 3.17. The van der Waals surface area contributed by atoms with E-state index in [0.29, 0.717) is 57.4 Å². The summed E-state index contributed by atoms with van der Waals surface area (Å²) in [6, 6.07) is 4.81. The Bertz CT molecular complexity index is 844. The molecule has 166 valence electrons. The maximum Gasteiger partial charge on any atom is 0.243 e. The number of carbonyl (C=O) groups excluding carboxylic acids is 1. The largest absolute Gasteiger partial charge is 0.490 e. The Hall–Kier alpha value is -1.84. The number of sulfonamides is 1. The van der Waals surface area contributed by atoms with Crippen LogP contribution in [0.4, 0.5) is 0 Å². The minimum absolute atomic E-state index is 0.163. The van der Waals surface area contributed by atoms with Crippen molar-refractivity contribution in [3.63, 3.8) is 0 Å². The lowest BCUT2D eigenvalue weighted by molar-refractivity contribution is -0.132. The van der Waals surface area contributed by atoms with E-state index < -0.39 is 10.0 Å². The number of fused-ring (bicyclic) bond motifs is 1. The van der Waals surface area contributed by atoms with Crippen molar-refractivity contribution < 1.29 is 22.7 Å². The normalized spacial score (nSPS) is 21.7. The summed E-state index contributed by atoms with van der Waals surface area (Å²) in [5, 5.41) is 0. The van der Waals surface area contributed by atoms with Crippen molar-refractivity contribution in [1.29, 1.82) is 0 Å². The highest BCUT2D eigenvalue weighted by molar-refractivity contribution is 7.89. The number of amides is 1. The Kier molecular flexibility index (Phi) is 6.80. The summed E-state index contributed by atoms with van der Waals surface area (Å²) >= 11 is 0. The Morgan fingerprint density at radius 1 is 0.833 bits per heavy atom. The lowest BCUT2D eigenvalue weighted by Crippen LogP contribution is -2.51. The van der Waals surface area contributed by atoms with E-state index in [9.17, 15) is 13.2 Å². The molecule has 0 spiro atoms. The van der Waals surface area contributed by atoms with E-state index in [-0.39, 0.29) is 10.8 Å². The number of piperazine rings is 1. The number of nitrogens with zero attached hydrogens (tertiary/aromatic N) is 3. The minimum Gasteiger partial charge on any atom is -0.490 e. The standard InChI is InChI=1S/C21H31N3O5S/c25-21(23-8-3-1-2-4-9-23)17-22-10-12-24(13-11-22)30(26,27)18-6-7-19-20(16-18)29-15-5-14-28-19/h6-7,16H,1-5,8-15,17H2. The predicted molar refractivity (Wildman–Crippen MR) is 112 cm³/mol. The van der Waals surface area contributed by atoms with Gasteiger partial charge in [0.1, 0.15) is 0 Å². The molecule has 1 amide bonds. The monoisotopic (exact) mass is 437 g/mol. The first-order valence-corrected chi connectivity index (χ1v) is 12.4. The maximum absolute atomic E-state index is 13.1. The number of hydrogen-bond donors (Lipinski definition) is 0. The van der Waals surface area contributed by atoms with Crippen molar-refractivity contribution in [3.05, 3.63) is 18.2 Å². The van der Waals surface area contributed by atoms with Crippen molar-refractivity contribution in [2.75, 3.05) is 59.0 Å². The van der Waals surface area contributed by atoms with E-state index in [2.05, 4.69) is 4.90 Å². The van der Waals surface area contributed by atoms with Crippen LogP contribution in [0.3, 0.4) is 0 Å². The van der Waals surface area contributed by atoms with Crippen LogP contribution in [0.25, 0.3) is 0 Å². The van der Waals surface area contributed by atoms with Gasteiger partial charge < -0.3 is 14.4 Å². The fourth-order valence-corrected chi connectivity index (χ4v) is 5.63. The van der Waals surface area contributed by atoms with Crippen molar-refractivity contribution >= 4 is 15.9 Å². The van der Waals surface area contributed by atoms with Crippen LogP contribution < -0.4 is 9.47 Å². The van der Waals surface area contributed by atoms with Crippen molar-refractivity contribution in [2.24, 2.45) is 0 Å². The molecule has 1 aromatic carbocycles. The molecular weight excluding hydrogens is 406 g/mol.